The SMILES string of the molecule is CC12CCC(OCNC(=O)OC3CC(O)[C@H](O)C(CO)O3)CC1=CCC1C2CCC2(C)C(c3cccnc3)=CCC12. The average Bonchev–Trinajstić information content (AvgIpc) is 3.32. The fraction of sp³-hybridized carbons (Fsp3) is 0.688. The molecule has 0 aromatic carbocycles. The van der Waals surface area contributed by atoms with Crippen molar-refractivity contribution in [3.05, 3.63) is 47.8 Å². The number of fused-ring (bicyclic) bond motifs is 5. The number of hydrogen-bond acceptors (Lipinski definition) is 8. The molecule has 0 bridgehead atoms. The molecule has 2 heterocycles. The summed E-state index contributed by atoms with van der Waals surface area (Å²) in [7, 11) is 0. The number of alkyl carbamates (subject to hydrolysis) is 1. The Kier molecular flexibility index (Phi) is 8.02. The van der Waals surface area contributed by atoms with Crippen molar-refractivity contribution in [1.29, 1.82) is 0 Å². The zero-order chi connectivity index (χ0) is 28.8. The van der Waals surface area contributed by atoms with Crippen LogP contribution in [0.3, 0.4) is 0 Å². The highest BCUT2D eigenvalue weighted by Crippen LogP contribution is 2.66. The maximum absolute atomic E-state index is 12.3. The summed E-state index contributed by atoms with van der Waals surface area (Å²) in [6.45, 7) is 4.50. The first-order valence-corrected chi connectivity index (χ1v) is 15.2. The van der Waals surface area contributed by atoms with Crippen LogP contribution in [0.5, 0.6) is 0 Å². The largest absolute Gasteiger partial charge is 0.419 e. The fourth-order valence-electron chi connectivity index (χ4n) is 8.83. The van der Waals surface area contributed by atoms with Gasteiger partial charge in [0.25, 0.3) is 0 Å². The van der Waals surface area contributed by atoms with Crippen molar-refractivity contribution in [2.24, 2.45) is 28.6 Å². The zero-order valence-electron chi connectivity index (χ0n) is 24.1. The molecule has 224 valence electrons. The van der Waals surface area contributed by atoms with Gasteiger partial charge in [-0.2, -0.15) is 0 Å². The van der Waals surface area contributed by atoms with Gasteiger partial charge in [-0.1, -0.05) is 37.6 Å². The van der Waals surface area contributed by atoms with E-state index in [1.54, 1.807) is 0 Å². The number of aliphatic hydroxyl groups excluding tert-OH is 3. The highest BCUT2D eigenvalue weighted by atomic mass is 16.7. The van der Waals surface area contributed by atoms with Gasteiger partial charge in [0.1, 0.15) is 18.9 Å². The molecule has 10 atom stereocenters. The number of allylic oxidation sites excluding steroid dienone is 3. The Morgan fingerprint density at radius 3 is 2.76 bits per heavy atom. The first-order valence-electron chi connectivity index (χ1n) is 15.2. The summed E-state index contributed by atoms with van der Waals surface area (Å²) in [4.78, 5) is 16.7. The molecule has 1 aliphatic heterocycles. The molecule has 9 nitrogen and oxygen atoms in total. The number of aliphatic hydroxyl groups is 3. The predicted octanol–water partition coefficient (Wildman–Crippen LogP) is 3.94. The zero-order valence-corrected chi connectivity index (χ0v) is 24.1. The lowest BCUT2D eigenvalue weighted by molar-refractivity contribution is -0.238. The molecule has 2 saturated carbocycles. The first kappa shape index (κ1) is 28.8. The number of carbonyl (C=O) groups excluding carboxylic acids is 1. The second-order valence-electron chi connectivity index (χ2n) is 13.1. The molecule has 9 heteroatoms. The molecule has 5 aliphatic rings. The number of nitrogens with one attached hydrogen (secondary N) is 1. The number of pyridine rings is 1. The summed E-state index contributed by atoms with van der Waals surface area (Å²) in [5.74, 6) is 2.04. The van der Waals surface area contributed by atoms with Crippen LogP contribution in [0.15, 0.2) is 42.3 Å². The van der Waals surface area contributed by atoms with Crippen molar-refractivity contribution in [2.75, 3.05) is 13.3 Å². The van der Waals surface area contributed by atoms with E-state index in [1.807, 2.05) is 18.5 Å². The Morgan fingerprint density at radius 2 is 1.98 bits per heavy atom. The van der Waals surface area contributed by atoms with Gasteiger partial charge in [0.05, 0.1) is 18.8 Å². The minimum Gasteiger partial charge on any atom is -0.419 e. The molecule has 3 fully saturated rings. The van der Waals surface area contributed by atoms with Crippen LogP contribution in [0.2, 0.25) is 0 Å². The normalized spacial score (nSPS) is 41.8. The van der Waals surface area contributed by atoms with Gasteiger partial charge < -0.3 is 29.5 Å². The van der Waals surface area contributed by atoms with Gasteiger partial charge in [-0.05, 0) is 90.7 Å². The van der Waals surface area contributed by atoms with E-state index in [0.717, 1.165) is 32.1 Å². The van der Waals surface area contributed by atoms with Gasteiger partial charge in [-0.15, -0.1) is 0 Å². The molecule has 4 aliphatic carbocycles. The van der Waals surface area contributed by atoms with E-state index in [2.05, 4.69) is 42.4 Å². The fourth-order valence-corrected chi connectivity index (χ4v) is 8.83. The van der Waals surface area contributed by atoms with Crippen LogP contribution in [0, 0.1) is 28.6 Å². The number of nitrogens with zero attached hydrogens (tertiary/aromatic N) is 1. The first-order chi connectivity index (χ1) is 19.7. The van der Waals surface area contributed by atoms with Crippen molar-refractivity contribution in [2.45, 2.75) is 95.9 Å². The average molecular weight is 569 g/mol. The number of amides is 1. The number of rotatable bonds is 6. The van der Waals surface area contributed by atoms with Crippen LogP contribution >= 0.6 is 0 Å². The van der Waals surface area contributed by atoms with Gasteiger partial charge in [0.2, 0.25) is 6.29 Å². The highest BCUT2D eigenvalue weighted by Gasteiger charge is 2.57. The molecule has 0 spiro atoms. The van der Waals surface area contributed by atoms with E-state index in [1.165, 1.54) is 29.6 Å². The quantitative estimate of drug-likeness (QED) is 0.300. The summed E-state index contributed by atoms with van der Waals surface area (Å²) in [6, 6.07) is 4.25. The Hall–Kier alpha value is -2.30. The molecular formula is C32H44N2O7. The van der Waals surface area contributed by atoms with Crippen molar-refractivity contribution in [1.82, 2.24) is 10.3 Å². The number of carbonyl (C=O) groups is 1. The predicted molar refractivity (Wildman–Crippen MR) is 151 cm³/mol. The van der Waals surface area contributed by atoms with E-state index in [0.29, 0.717) is 17.8 Å². The minimum absolute atomic E-state index is 0.0179. The van der Waals surface area contributed by atoms with Crippen LogP contribution in [0.4, 0.5) is 4.79 Å². The summed E-state index contributed by atoms with van der Waals surface area (Å²) in [5.41, 5.74) is 4.69. The molecule has 6 rings (SSSR count). The molecule has 1 aromatic rings. The summed E-state index contributed by atoms with van der Waals surface area (Å²) in [5, 5.41) is 31.7. The second-order valence-corrected chi connectivity index (χ2v) is 13.1. The van der Waals surface area contributed by atoms with Crippen molar-refractivity contribution in [3.63, 3.8) is 0 Å². The van der Waals surface area contributed by atoms with Crippen LogP contribution < -0.4 is 5.32 Å². The number of ether oxygens (including phenoxy) is 3. The summed E-state index contributed by atoms with van der Waals surface area (Å²) in [6.07, 6.45) is 11.4. The maximum atomic E-state index is 12.3. The van der Waals surface area contributed by atoms with Crippen molar-refractivity contribution < 1.29 is 34.3 Å². The Labute approximate surface area is 242 Å². The lowest BCUT2D eigenvalue weighted by Crippen LogP contribution is -2.51. The Bertz CT molecular complexity index is 1170. The number of aromatic nitrogens is 1. The van der Waals surface area contributed by atoms with Gasteiger partial charge in [-0.25, -0.2) is 4.79 Å². The summed E-state index contributed by atoms with van der Waals surface area (Å²) < 4.78 is 16.6. The van der Waals surface area contributed by atoms with Gasteiger partial charge in [0, 0.05) is 18.8 Å². The van der Waals surface area contributed by atoms with Crippen LogP contribution in [-0.4, -0.2) is 70.4 Å². The molecule has 41 heavy (non-hydrogen) atoms. The summed E-state index contributed by atoms with van der Waals surface area (Å²) >= 11 is 0. The lowest BCUT2D eigenvalue weighted by Gasteiger charge is -2.58. The monoisotopic (exact) mass is 568 g/mol. The highest BCUT2D eigenvalue weighted by molar-refractivity contribution is 5.72. The lowest BCUT2D eigenvalue weighted by atomic mass is 9.47. The molecule has 1 aromatic heterocycles. The number of hydrogen-bond donors (Lipinski definition) is 4. The standard InChI is InChI=1S/C32H44N2O7/c1-31-11-9-21(39-18-34-30(38)41-28-15-26(36)29(37)27(17-35)40-28)14-20(31)5-6-22-24-8-7-23(19-4-3-13-33-16-19)32(24,2)12-10-25(22)31/h3-5,7,13,16,21-22,24-29,35-37H,6,8-12,14-15,17-18H2,1-2H3,(H,34,38)/t21?,22?,24?,25?,26?,27?,28?,29-,31?,32?/m0/s1. The van der Waals surface area contributed by atoms with Crippen LogP contribution in [-0.2, 0) is 14.2 Å². The van der Waals surface area contributed by atoms with E-state index in [9.17, 15) is 20.1 Å². The van der Waals surface area contributed by atoms with E-state index in [-0.39, 0.29) is 30.1 Å². The topological polar surface area (TPSA) is 130 Å². The molecule has 0 radical (unpaired) electrons. The molecule has 1 saturated heterocycles. The minimum atomic E-state index is -1.22. The van der Waals surface area contributed by atoms with Gasteiger partial charge in [-0.3, -0.25) is 10.3 Å². The van der Waals surface area contributed by atoms with E-state index in [4.69, 9.17) is 14.2 Å². The van der Waals surface area contributed by atoms with Crippen LogP contribution in [0.25, 0.3) is 5.57 Å². The third kappa shape index (κ3) is 5.25. The Morgan fingerprint density at radius 1 is 1.15 bits per heavy atom. The maximum Gasteiger partial charge on any atom is 0.411 e. The van der Waals surface area contributed by atoms with Gasteiger partial charge >= 0.3 is 6.09 Å². The van der Waals surface area contributed by atoms with Crippen molar-refractivity contribution >= 4 is 11.7 Å². The Balaban J connectivity index is 1.02. The third-order valence-electron chi connectivity index (χ3n) is 11.1. The van der Waals surface area contributed by atoms with Gasteiger partial charge in [0.15, 0.2) is 0 Å². The molecule has 1 amide bonds. The van der Waals surface area contributed by atoms with E-state index < -0.39 is 37.3 Å². The van der Waals surface area contributed by atoms with Crippen molar-refractivity contribution in [3.8, 4) is 0 Å². The third-order valence-corrected chi connectivity index (χ3v) is 11.1. The van der Waals surface area contributed by atoms with E-state index >= 15 is 0 Å². The second kappa shape index (κ2) is 11.4. The molecule has 9 unspecified atom stereocenters. The molecular weight excluding hydrogens is 524 g/mol. The van der Waals surface area contributed by atoms with Crippen LogP contribution in [0.1, 0.15) is 70.8 Å². The smallest absolute Gasteiger partial charge is 0.411 e. The molecule has 4 N–H and O–H groups in total.